The van der Waals surface area contributed by atoms with Crippen LogP contribution in [0, 0.1) is 11.3 Å². The minimum absolute atomic E-state index is 0.0982. The average molecular weight is 248 g/mol. The van der Waals surface area contributed by atoms with Crippen molar-refractivity contribution in [1.82, 2.24) is 9.78 Å². The fraction of sp³-hybridized carbons (Fsp3) is 0.167. The van der Waals surface area contributed by atoms with Crippen molar-refractivity contribution in [2.24, 2.45) is 0 Å². The third kappa shape index (κ3) is 2.47. The Balaban J connectivity index is 2.36. The monoisotopic (exact) mass is 247 g/mol. The molecule has 0 bridgehead atoms. The Kier molecular flexibility index (Phi) is 3.43. The lowest BCUT2D eigenvalue weighted by Crippen LogP contribution is -1.94. The Labute approximate surface area is 104 Å². The Morgan fingerprint density at radius 3 is 2.94 bits per heavy atom. The van der Waals surface area contributed by atoms with Crippen molar-refractivity contribution in [1.29, 1.82) is 5.26 Å². The Morgan fingerprint density at radius 1 is 1.41 bits per heavy atom. The molecule has 0 radical (unpaired) electrons. The normalized spacial score (nSPS) is 10.2. The number of nitrogens with zero attached hydrogens (tertiary/aromatic N) is 3. The van der Waals surface area contributed by atoms with Crippen LogP contribution in [0.1, 0.15) is 5.56 Å². The molecule has 0 saturated heterocycles. The Hall–Kier alpha value is -1.83. The van der Waals surface area contributed by atoms with E-state index in [0.29, 0.717) is 10.6 Å². The molecule has 5 heteroatoms. The molecule has 2 rings (SSSR count). The SMILES string of the molecule is N#CCn1cc(-c2ccc(Cl)c(CO)c2)cn1. The van der Waals surface area contributed by atoms with Crippen LogP contribution in [-0.4, -0.2) is 14.9 Å². The van der Waals surface area contributed by atoms with E-state index >= 15 is 0 Å². The van der Waals surface area contributed by atoms with Crippen molar-refractivity contribution in [3.05, 3.63) is 41.2 Å². The minimum Gasteiger partial charge on any atom is -0.392 e. The molecule has 2 aromatic rings. The number of aliphatic hydroxyl groups is 1. The van der Waals surface area contributed by atoms with E-state index in [1.807, 2.05) is 18.2 Å². The van der Waals surface area contributed by atoms with Gasteiger partial charge in [-0.2, -0.15) is 10.4 Å². The van der Waals surface area contributed by atoms with Gasteiger partial charge in [-0.1, -0.05) is 17.7 Å². The van der Waals surface area contributed by atoms with Crippen LogP contribution < -0.4 is 0 Å². The number of nitriles is 1. The minimum atomic E-state index is -0.0982. The number of rotatable bonds is 3. The molecule has 0 aliphatic heterocycles. The van der Waals surface area contributed by atoms with Gasteiger partial charge in [0.2, 0.25) is 0 Å². The summed E-state index contributed by atoms with van der Waals surface area (Å²) in [6.45, 7) is 0.124. The zero-order chi connectivity index (χ0) is 12.3. The molecule has 0 unspecified atom stereocenters. The lowest BCUT2D eigenvalue weighted by atomic mass is 10.1. The third-order valence-electron chi connectivity index (χ3n) is 2.42. The summed E-state index contributed by atoms with van der Waals surface area (Å²) in [6, 6.07) is 7.43. The lowest BCUT2D eigenvalue weighted by Gasteiger charge is -2.03. The maximum atomic E-state index is 9.13. The van der Waals surface area contributed by atoms with Gasteiger partial charge in [-0.3, -0.25) is 4.68 Å². The summed E-state index contributed by atoms with van der Waals surface area (Å²) in [5.74, 6) is 0. The van der Waals surface area contributed by atoms with Gasteiger partial charge < -0.3 is 5.11 Å². The highest BCUT2D eigenvalue weighted by molar-refractivity contribution is 6.31. The maximum absolute atomic E-state index is 9.13. The zero-order valence-electron chi connectivity index (χ0n) is 8.97. The molecular weight excluding hydrogens is 238 g/mol. The standard InChI is InChI=1S/C12H10ClN3O/c13-12-2-1-9(5-10(12)8-17)11-6-15-16(7-11)4-3-14/h1-2,5-7,17H,4,8H2. The average Bonchev–Trinajstić information content (AvgIpc) is 2.79. The van der Waals surface area contributed by atoms with E-state index in [4.69, 9.17) is 22.0 Å². The quantitative estimate of drug-likeness (QED) is 0.905. The highest BCUT2D eigenvalue weighted by Gasteiger charge is 2.05. The van der Waals surface area contributed by atoms with Gasteiger partial charge >= 0.3 is 0 Å². The summed E-state index contributed by atoms with van der Waals surface area (Å²) in [5.41, 5.74) is 2.49. The van der Waals surface area contributed by atoms with Gasteiger partial charge in [0.25, 0.3) is 0 Å². The number of hydrogen-bond donors (Lipinski definition) is 1. The van der Waals surface area contributed by atoms with Crippen molar-refractivity contribution in [2.75, 3.05) is 0 Å². The summed E-state index contributed by atoms with van der Waals surface area (Å²) in [7, 11) is 0. The Bertz CT molecular complexity index is 571. The fourth-order valence-corrected chi connectivity index (χ4v) is 1.72. The number of hydrogen-bond acceptors (Lipinski definition) is 3. The second-order valence-electron chi connectivity index (χ2n) is 3.55. The molecule has 1 heterocycles. The van der Waals surface area contributed by atoms with Crippen LogP contribution in [0.25, 0.3) is 11.1 Å². The van der Waals surface area contributed by atoms with E-state index in [0.717, 1.165) is 11.1 Å². The Morgan fingerprint density at radius 2 is 2.24 bits per heavy atom. The second-order valence-corrected chi connectivity index (χ2v) is 3.96. The molecule has 0 spiro atoms. The lowest BCUT2D eigenvalue weighted by molar-refractivity contribution is 0.282. The first-order valence-corrected chi connectivity index (χ1v) is 5.41. The van der Waals surface area contributed by atoms with E-state index in [9.17, 15) is 0 Å². The molecule has 0 atom stereocenters. The van der Waals surface area contributed by atoms with Crippen molar-refractivity contribution in [3.8, 4) is 17.2 Å². The predicted molar refractivity (Wildman–Crippen MR) is 64.2 cm³/mol. The predicted octanol–water partition coefficient (Wildman–Crippen LogP) is 2.22. The number of halogens is 1. The van der Waals surface area contributed by atoms with E-state index in [-0.39, 0.29) is 13.2 Å². The van der Waals surface area contributed by atoms with E-state index in [2.05, 4.69) is 5.10 Å². The fourth-order valence-electron chi connectivity index (χ4n) is 1.55. The van der Waals surface area contributed by atoms with Crippen LogP contribution >= 0.6 is 11.6 Å². The molecule has 17 heavy (non-hydrogen) atoms. The maximum Gasteiger partial charge on any atom is 0.128 e. The first-order valence-electron chi connectivity index (χ1n) is 5.03. The first-order chi connectivity index (χ1) is 8.24. The van der Waals surface area contributed by atoms with Crippen molar-refractivity contribution < 1.29 is 5.11 Å². The highest BCUT2D eigenvalue weighted by Crippen LogP contribution is 2.24. The van der Waals surface area contributed by atoms with Crippen LogP contribution in [0.2, 0.25) is 5.02 Å². The van der Waals surface area contributed by atoms with Crippen LogP contribution in [0.5, 0.6) is 0 Å². The van der Waals surface area contributed by atoms with Crippen LogP contribution in [-0.2, 0) is 13.2 Å². The van der Waals surface area contributed by atoms with Crippen LogP contribution in [0.4, 0.5) is 0 Å². The molecule has 1 aromatic carbocycles. The summed E-state index contributed by atoms with van der Waals surface area (Å²) in [6.07, 6.45) is 3.47. The third-order valence-corrected chi connectivity index (χ3v) is 2.78. The molecule has 4 nitrogen and oxygen atoms in total. The molecule has 1 N–H and O–H groups in total. The van der Waals surface area contributed by atoms with Crippen LogP contribution in [0.15, 0.2) is 30.6 Å². The van der Waals surface area contributed by atoms with E-state index < -0.39 is 0 Å². The van der Waals surface area contributed by atoms with Gasteiger partial charge in [-0.05, 0) is 23.3 Å². The first kappa shape index (κ1) is 11.6. The zero-order valence-corrected chi connectivity index (χ0v) is 9.72. The summed E-state index contributed by atoms with van der Waals surface area (Å²) >= 11 is 5.91. The van der Waals surface area contributed by atoms with Crippen LogP contribution in [0.3, 0.4) is 0 Å². The molecule has 86 valence electrons. The molecule has 0 aliphatic rings. The summed E-state index contributed by atoms with van der Waals surface area (Å²) in [5, 5.41) is 22.3. The second kappa shape index (κ2) is 5.00. The molecular formula is C12H10ClN3O. The number of aliphatic hydroxyl groups excluding tert-OH is 1. The van der Waals surface area contributed by atoms with Gasteiger partial charge in [0.05, 0.1) is 18.9 Å². The van der Waals surface area contributed by atoms with E-state index in [1.165, 1.54) is 0 Å². The van der Waals surface area contributed by atoms with Crippen molar-refractivity contribution in [3.63, 3.8) is 0 Å². The summed E-state index contributed by atoms with van der Waals surface area (Å²) < 4.78 is 1.56. The van der Waals surface area contributed by atoms with Gasteiger partial charge in [-0.25, -0.2) is 0 Å². The smallest absolute Gasteiger partial charge is 0.128 e. The van der Waals surface area contributed by atoms with Gasteiger partial charge in [0, 0.05) is 16.8 Å². The number of benzene rings is 1. The molecule has 0 amide bonds. The van der Waals surface area contributed by atoms with Gasteiger partial charge in [-0.15, -0.1) is 0 Å². The van der Waals surface area contributed by atoms with E-state index in [1.54, 1.807) is 23.1 Å². The molecule has 0 aliphatic carbocycles. The largest absolute Gasteiger partial charge is 0.392 e. The van der Waals surface area contributed by atoms with Crippen molar-refractivity contribution in [2.45, 2.75) is 13.2 Å². The number of aromatic nitrogens is 2. The molecule has 0 fully saturated rings. The highest BCUT2D eigenvalue weighted by atomic mass is 35.5. The van der Waals surface area contributed by atoms with Gasteiger partial charge in [0.15, 0.2) is 0 Å². The topological polar surface area (TPSA) is 61.8 Å². The summed E-state index contributed by atoms with van der Waals surface area (Å²) in [4.78, 5) is 0. The van der Waals surface area contributed by atoms with Crippen molar-refractivity contribution >= 4 is 11.6 Å². The van der Waals surface area contributed by atoms with Gasteiger partial charge in [0.1, 0.15) is 6.54 Å². The molecule has 0 saturated carbocycles. The molecule has 1 aromatic heterocycles.